The van der Waals surface area contributed by atoms with Crippen molar-refractivity contribution >= 4 is 78.5 Å². The highest BCUT2D eigenvalue weighted by Gasteiger charge is 2.24. The summed E-state index contributed by atoms with van der Waals surface area (Å²) in [6.07, 6.45) is 3.73. The molecule has 0 nitrogen and oxygen atoms in total. The molecule has 0 atom stereocenters. The van der Waals surface area contributed by atoms with Crippen molar-refractivity contribution in [2.45, 2.75) is 37.8 Å². The summed E-state index contributed by atoms with van der Waals surface area (Å²) in [5.74, 6) is 0. The fourth-order valence-electron chi connectivity index (χ4n) is 1.86. The van der Waals surface area contributed by atoms with Crippen molar-refractivity contribution in [2.75, 3.05) is 0 Å². The van der Waals surface area contributed by atoms with E-state index in [0.29, 0.717) is 12.1 Å². The first kappa shape index (κ1) is 19.4. The molecule has 0 radical (unpaired) electrons. The van der Waals surface area contributed by atoms with Gasteiger partial charge in [0.15, 0.2) is 0 Å². The topological polar surface area (TPSA) is 0 Å². The molecule has 0 saturated heterocycles. The molecule has 0 fully saturated rings. The lowest BCUT2D eigenvalue weighted by atomic mass is 10.1. The molecule has 20 heavy (non-hydrogen) atoms. The number of hydrogen-bond acceptors (Lipinski definition) is 0. The first-order valence-electron chi connectivity index (χ1n) is 6.37. The number of hydrogen-bond donors (Lipinski definition) is 0. The van der Waals surface area contributed by atoms with Gasteiger partial charge < -0.3 is 0 Å². The van der Waals surface area contributed by atoms with Crippen molar-refractivity contribution in [1.29, 1.82) is 0 Å². The van der Waals surface area contributed by atoms with E-state index < -0.39 is 12.0 Å². The van der Waals surface area contributed by atoms with Crippen molar-refractivity contribution in [1.82, 2.24) is 0 Å². The maximum absolute atomic E-state index is 5.86. The molecule has 0 aromatic heterocycles. The minimum absolute atomic E-state index is 0.702. The van der Waals surface area contributed by atoms with Gasteiger partial charge in [0.25, 0.3) is 0 Å². The van der Waals surface area contributed by atoms with Gasteiger partial charge in [-0.15, -0.1) is 66.5 Å². The molecule has 0 aliphatic heterocycles. The van der Waals surface area contributed by atoms with Crippen LogP contribution in [0.4, 0.5) is 0 Å². The lowest BCUT2D eigenvalue weighted by Gasteiger charge is -2.09. The van der Waals surface area contributed by atoms with Crippen LogP contribution in [-0.4, -0.2) is 12.0 Å². The van der Waals surface area contributed by atoms with E-state index in [1.165, 1.54) is 11.1 Å². The molecular weight excluding hydrogens is 413 g/mol. The van der Waals surface area contributed by atoms with E-state index in [1.54, 1.807) is 0 Å². The second-order valence-electron chi connectivity index (χ2n) is 4.75. The highest BCUT2D eigenvalue weighted by molar-refractivity contribution is 7.65. The largest absolute Gasteiger partial charge is 0.341 e. The Hall–Kier alpha value is 1.39. The van der Waals surface area contributed by atoms with Crippen LogP contribution in [0.2, 0.25) is 12.1 Å². The molecule has 0 saturated carbocycles. The van der Waals surface area contributed by atoms with Gasteiger partial charge in [-0.2, -0.15) is 0 Å². The highest BCUT2D eigenvalue weighted by atomic mass is 35.8. The second-order valence-corrected chi connectivity index (χ2v) is 23.3. The van der Waals surface area contributed by atoms with Gasteiger partial charge in [0.2, 0.25) is 0 Å². The molecule has 1 aromatic carbocycles. The van der Waals surface area contributed by atoms with Gasteiger partial charge in [-0.3, -0.25) is 0 Å². The molecule has 0 unspecified atom stereocenters. The number of halogens is 6. The van der Waals surface area contributed by atoms with Crippen molar-refractivity contribution < 1.29 is 0 Å². The van der Waals surface area contributed by atoms with E-state index in [1.807, 2.05) is 0 Å². The average Bonchev–Trinajstić information content (AvgIpc) is 2.28. The molecule has 0 heterocycles. The van der Waals surface area contributed by atoms with Crippen LogP contribution in [0.3, 0.4) is 0 Å². The summed E-state index contributed by atoms with van der Waals surface area (Å²) in [4.78, 5) is 0. The lowest BCUT2D eigenvalue weighted by molar-refractivity contribution is 0.897. The van der Waals surface area contributed by atoms with Gasteiger partial charge in [-0.1, -0.05) is 24.3 Å². The summed E-state index contributed by atoms with van der Waals surface area (Å²) in [5, 5.41) is 0. The summed E-state index contributed by atoms with van der Waals surface area (Å²) < 4.78 is 0. The van der Waals surface area contributed by atoms with Crippen molar-refractivity contribution in [3.05, 3.63) is 35.4 Å². The molecule has 0 N–H and O–H groups in total. The minimum Gasteiger partial charge on any atom is -0.126 e. The zero-order valence-electron chi connectivity index (χ0n) is 10.8. The van der Waals surface area contributed by atoms with Crippen molar-refractivity contribution in [2.24, 2.45) is 0 Å². The predicted octanol–water partition coefficient (Wildman–Crippen LogP) is 6.86. The molecule has 0 aliphatic carbocycles. The molecule has 0 aliphatic rings. The summed E-state index contributed by atoms with van der Waals surface area (Å²) in [6.45, 7) is 0. The summed E-state index contributed by atoms with van der Waals surface area (Å²) in [7, 11) is 0. The Bertz CT molecular complexity index is 357. The average molecular weight is 429 g/mol. The van der Waals surface area contributed by atoms with Gasteiger partial charge in [0, 0.05) is 0 Å². The standard InChI is InChI=1S/C12H16Cl6Si2/c13-19(14,15)9-1-3-11-5-7-12(8-6-11)4-2-10-20(16,17)18/h5-8H,1-4,9-10H2. The maximum Gasteiger partial charge on any atom is 0.341 e. The molecule has 1 rings (SSSR count). The SMILES string of the molecule is Cl[Si](Cl)(Cl)CCCc1ccc(CCC[Si](Cl)(Cl)Cl)cc1. The van der Waals surface area contributed by atoms with Gasteiger partial charge in [-0.05, 0) is 48.9 Å². The smallest absolute Gasteiger partial charge is 0.126 e. The highest BCUT2D eigenvalue weighted by Crippen LogP contribution is 2.28. The van der Waals surface area contributed by atoms with Crippen molar-refractivity contribution in [3.63, 3.8) is 0 Å². The van der Waals surface area contributed by atoms with E-state index in [4.69, 9.17) is 66.5 Å². The maximum atomic E-state index is 5.86. The van der Waals surface area contributed by atoms with Crippen LogP contribution >= 0.6 is 66.5 Å². The van der Waals surface area contributed by atoms with E-state index in [-0.39, 0.29) is 0 Å². The third kappa shape index (κ3) is 10.2. The molecule has 114 valence electrons. The predicted molar refractivity (Wildman–Crippen MR) is 99.3 cm³/mol. The summed E-state index contributed by atoms with van der Waals surface area (Å²) >= 11 is 35.2. The Balaban J connectivity index is 2.33. The van der Waals surface area contributed by atoms with Crippen LogP contribution in [-0.2, 0) is 12.8 Å². The van der Waals surface area contributed by atoms with E-state index in [2.05, 4.69) is 24.3 Å². The first-order chi connectivity index (χ1) is 9.16. The number of aryl methyl sites for hydroxylation is 2. The normalized spacial score (nSPS) is 12.7. The Kier molecular flexibility index (Phi) is 8.63. The third-order valence-electron chi connectivity index (χ3n) is 2.87. The second kappa shape index (κ2) is 8.88. The fraction of sp³-hybridized carbons (Fsp3) is 0.500. The first-order valence-corrected chi connectivity index (χ1v) is 16.9. The van der Waals surface area contributed by atoms with Gasteiger partial charge in [0.1, 0.15) is 0 Å². The molecule has 1 aromatic rings. The Labute approximate surface area is 150 Å². The summed E-state index contributed by atoms with van der Waals surface area (Å²) in [6, 6.07) is 4.96. The van der Waals surface area contributed by atoms with Crippen molar-refractivity contribution in [3.8, 4) is 0 Å². The molecule has 0 spiro atoms. The van der Waals surface area contributed by atoms with Gasteiger partial charge in [0.05, 0.1) is 0 Å². The minimum atomic E-state index is -2.47. The Morgan fingerprint density at radius 1 is 0.600 bits per heavy atom. The van der Waals surface area contributed by atoms with E-state index >= 15 is 0 Å². The Morgan fingerprint density at radius 2 is 0.900 bits per heavy atom. The number of benzene rings is 1. The van der Waals surface area contributed by atoms with E-state index in [0.717, 1.165) is 25.7 Å². The number of rotatable bonds is 8. The van der Waals surface area contributed by atoms with Crippen LogP contribution in [0.15, 0.2) is 24.3 Å². The quantitative estimate of drug-likeness (QED) is 0.313. The molecule has 8 heteroatoms. The Morgan fingerprint density at radius 3 is 1.15 bits per heavy atom. The zero-order chi connectivity index (χ0) is 15.2. The van der Waals surface area contributed by atoms with Crippen LogP contribution in [0.1, 0.15) is 24.0 Å². The monoisotopic (exact) mass is 426 g/mol. The third-order valence-corrected chi connectivity index (χ3v) is 8.12. The van der Waals surface area contributed by atoms with Crippen LogP contribution in [0.5, 0.6) is 0 Å². The van der Waals surface area contributed by atoms with Gasteiger partial charge >= 0.3 is 12.0 Å². The molecular formula is C12H16Cl6Si2. The van der Waals surface area contributed by atoms with Crippen LogP contribution in [0, 0.1) is 0 Å². The summed E-state index contributed by atoms with van der Waals surface area (Å²) in [5.41, 5.74) is 2.54. The fourth-order valence-corrected chi connectivity index (χ4v) is 5.42. The zero-order valence-corrected chi connectivity index (χ0v) is 17.4. The molecule has 0 bridgehead atoms. The van der Waals surface area contributed by atoms with Gasteiger partial charge in [-0.25, -0.2) is 0 Å². The van der Waals surface area contributed by atoms with E-state index in [9.17, 15) is 0 Å². The molecule has 0 amide bonds. The van der Waals surface area contributed by atoms with Crippen LogP contribution < -0.4 is 0 Å². The van der Waals surface area contributed by atoms with Crippen LogP contribution in [0.25, 0.3) is 0 Å². The lowest BCUT2D eigenvalue weighted by Crippen LogP contribution is -2.08.